The smallest absolute Gasteiger partial charge is 0.336 e. The number of rotatable bonds is 6. The van der Waals surface area contributed by atoms with Gasteiger partial charge in [0.25, 0.3) is 0 Å². The molecule has 6 nitrogen and oxygen atoms in total. The third-order valence-corrected chi connectivity index (χ3v) is 4.92. The number of fused-ring (bicyclic) bond motifs is 3. The van der Waals surface area contributed by atoms with Crippen molar-refractivity contribution in [1.29, 1.82) is 0 Å². The summed E-state index contributed by atoms with van der Waals surface area (Å²) in [5, 5.41) is 2.68. The van der Waals surface area contributed by atoms with Gasteiger partial charge >= 0.3 is 11.6 Å². The highest BCUT2D eigenvalue weighted by Gasteiger charge is 2.11. The minimum absolute atomic E-state index is 0.0610. The lowest BCUT2D eigenvalue weighted by atomic mass is 10.0. The summed E-state index contributed by atoms with van der Waals surface area (Å²) in [6.45, 7) is -0.0610. The summed E-state index contributed by atoms with van der Waals surface area (Å²) >= 11 is 0. The van der Waals surface area contributed by atoms with E-state index in [0.717, 1.165) is 16.2 Å². The second-order valence-electron chi connectivity index (χ2n) is 6.80. The molecule has 0 amide bonds. The van der Waals surface area contributed by atoms with Crippen LogP contribution in [0.1, 0.15) is 11.1 Å². The van der Waals surface area contributed by atoms with Crippen LogP contribution in [0.15, 0.2) is 76.0 Å². The van der Waals surface area contributed by atoms with E-state index >= 15 is 0 Å². The summed E-state index contributed by atoms with van der Waals surface area (Å²) in [4.78, 5) is 24.3. The summed E-state index contributed by atoms with van der Waals surface area (Å²) < 4.78 is 21.3. The fourth-order valence-electron chi connectivity index (χ4n) is 3.46. The molecule has 0 unspecified atom stereocenters. The number of methoxy groups -OCH3 is 2. The van der Waals surface area contributed by atoms with E-state index in [2.05, 4.69) is 0 Å². The molecule has 0 aliphatic rings. The lowest BCUT2D eigenvalue weighted by Crippen LogP contribution is -2.06. The standard InChI is InChI=1S/C25H20O6/c1-28-19-9-11-21(29-2)17(13-19)8-12-23(26)30-15-18-14-24(27)31-22-10-7-16-5-3-4-6-20(16)25(18)22/h3-14H,15H2,1-2H3/b12-8+. The van der Waals surface area contributed by atoms with Gasteiger partial charge in [-0.3, -0.25) is 0 Å². The van der Waals surface area contributed by atoms with Crippen LogP contribution in [0.4, 0.5) is 0 Å². The van der Waals surface area contributed by atoms with Crippen molar-refractivity contribution >= 4 is 33.8 Å². The number of esters is 1. The molecule has 4 rings (SSSR count). The van der Waals surface area contributed by atoms with Crippen LogP contribution >= 0.6 is 0 Å². The first kappa shape index (κ1) is 20.2. The predicted molar refractivity (Wildman–Crippen MR) is 118 cm³/mol. The quantitative estimate of drug-likeness (QED) is 0.196. The number of hydrogen-bond acceptors (Lipinski definition) is 6. The highest BCUT2D eigenvalue weighted by Crippen LogP contribution is 2.28. The zero-order valence-electron chi connectivity index (χ0n) is 17.1. The first-order valence-corrected chi connectivity index (χ1v) is 9.60. The van der Waals surface area contributed by atoms with Gasteiger partial charge in [-0.05, 0) is 41.1 Å². The SMILES string of the molecule is COc1ccc(OC)c(/C=C/C(=O)OCc2cc(=O)oc3ccc4ccccc4c23)c1. The Morgan fingerprint density at radius 1 is 1.00 bits per heavy atom. The van der Waals surface area contributed by atoms with Gasteiger partial charge in [0, 0.05) is 28.7 Å². The first-order valence-electron chi connectivity index (χ1n) is 9.60. The highest BCUT2D eigenvalue weighted by molar-refractivity contribution is 6.07. The highest BCUT2D eigenvalue weighted by atomic mass is 16.5. The molecular formula is C25H20O6. The minimum atomic E-state index is -0.550. The van der Waals surface area contributed by atoms with E-state index in [9.17, 15) is 9.59 Å². The maximum absolute atomic E-state index is 12.3. The van der Waals surface area contributed by atoms with Gasteiger partial charge in [0.15, 0.2) is 0 Å². The van der Waals surface area contributed by atoms with Crippen LogP contribution in [0.2, 0.25) is 0 Å². The summed E-state index contributed by atoms with van der Waals surface area (Å²) in [6.07, 6.45) is 2.90. The summed E-state index contributed by atoms with van der Waals surface area (Å²) in [5.74, 6) is 0.692. The van der Waals surface area contributed by atoms with Gasteiger partial charge < -0.3 is 18.6 Å². The molecule has 0 spiro atoms. The Morgan fingerprint density at radius 3 is 2.65 bits per heavy atom. The molecule has 1 heterocycles. The van der Waals surface area contributed by atoms with E-state index in [1.54, 1.807) is 44.6 Å². The lowest BCUT2D eigenvalue weighted by molar-refractivity contribution is -0.138. The first-order chi connectivity index (χ1) is 15.1. The molecule has 0 saturated carbocycles. The minimum Gasteiger partial charge on any atom is -0.497 e. The number of carbonyl (C=O) groups excluding carboxylic acids is 1. The van der Waals surface area contributed by atoms with Gasteiger partial charge in [0.05, 0.1) is 14.2 Å². The van der Waals surface area contributed by atoms with Crippen molar-refractivity contribution in [2.24, 2.45) is 0 Å². The zero-order valence-corrected chi connectivity index (χ0v) is 17.1. The zero-order chi connectivity index (χ0) is 21.8. The molecule has 6 heteroatoms. The van der Waals surface area contributed by atoms with Crippen molar-refractivity contribution in [3.63, 3.8) is 0 Å². The summed E-state index contributed by atoms with van der Waals surface area (Å²) in [6, 6.07) is 18.0. The third kappa shape index (κ3) is 4.28. The largest absolute Gasteiger partial charge is 0.497 e. The Hall–Kier alpha value is -4.06. The average molecular weight is 416 g/mol. The second kappa shape index (κ2) is 8.75. The van der Waals surface area contributed by atoms with Crippen molar-refractivity contribution in [3.8, 4) is 11.5 Å². The maximum Gasteiger partial charge on any atom is 0.336 e. The van der Waals surface area contributed by atoms with E-state index in [0.29, 0.717) is 28.2 Å². The molecular weight excluding hydrogens is 396 g/mol. The van der Waals surface area contributed by atoms with Gasteiger partial charge in [0.2, 0.25) is 0 Å². The molecule has 156 valence electrons. The fourth-order valence-corrected chi connectivity index (χ4v) is 3.46. The van der Waals surface area contributed by atoms with Crippen molar-refractivity contribution in [1.82, 2.24) is 0 Å². The molecule has 0 N–H and O–H groups in total. The maximum atomic E-state index is 12.3. The molecule has 4 aromatic rings. The van der Waals surface area contributed by atoms with Gasteiger partial charge in [-0.15, -0.1) is 0 Å². The molecule has 0 saturated heterocycles. The van der Waals surface area contributed by atoms with Crippen LogP contribution in [-0.4, -0.2) is 20.2 Å². The predicted octanol–water partition coefficient (Wildman–Crippen LogP) is 4.72. The van der Waals surface area contributed by atoms with Crippen LogP contribution in [0.5, 0.6) is 11.5 Å². The molecule has 0 aliphatic heterocycles. The number of hydrogen-bond donors (Lipinski definition) is 0. The monoisotopic (exact) mass is 416 g/mol. The molecule has 31 heavy (non-hydrogen) atoms. The average Bonchev–Trinajstić information content (AvgIpc) is 2.80. The van der Waals surface area contributed by atoms with E-state index in [4.69, 9.17) is 18.6 Å². The van der Waals surface area contributed by atoms with Crippen molar-refractivity contribution in [2.45, 2.75) is 6.61 Å². The topological polar surface area (TPSA) is 75.0 Å². The fraction of sp³-hybridized carbons (Fsp3) is 0.120. The van der Waals surface area contributed by atoms with Gasteiger partial charge in [0.1, 0.15) is 23.7 Å². The Balaban J connectivity index is 1.60. The van der Waals surface area contributed by atoms with E-state index in [1.807, 2.05) is 30.3 Å². The molecule has 0 radical (unpaired) electrons. The Kier molecular flexibility index (Phi) is 5.71. The Morgan fingerprint density at radius 2 is 1.84 bits per heavy atom. The van der Waals surface area contributed by atoms with E-state index in [-0.39, 0.29) is 6.61 Å². The van der Waals surface area contributed by atoms with Crippen LogP contribution in [0, 0.1) is 0 Å². The number of benzene rings is 3. The van der Waals surface area contributed by atoms with Gasteiger partial charge in [-0.2, -0.15) is 0 Å². The van der Waals surface area contributed by atoms with Crippen molar-refractivity contribution in [2.75, 3.05) is 14.2 Å². The molecule has 0 fully saturated rings. The Bertz CT molecular complexity index is 1350. The summed E-state index contributed by atoms with van der Waals surface area (Å²) in [7, 11) is 3.11. The van der Waals surface area contributed by atoms with Crippen LogP contribution in [-0.2, 0) is 16.1 Å². The number of carbonyl (C=O) groups is 1. The Labute approximate surface area is 178 Å². The van der Waals surface area contributed by atoms with Gasteiger partial charge in [-0.25, -0.2) is 9.59 Å². The normalized spacial score (nSPS) is 11.2. The molecule has 1 aromatic heterocycles. The van der Waals surface area contributed by atoms with E-state index < -0.39 is 11.6 Å². The molecule has 0 bridgehead atoms. The van der Waals surface area contributed by atoms with Crippen LogP contribution in [0.3, 0.4) is 0 Å². The third-order valence-electron chi connectivity index (χ3n) is 4.92. The van der Waals surface area contributed by atoms with E-state index in [1.165, 1.54) is 12.1 Å². The second-order valence-corrected chi connectivity index (χ2v) is 6.80. The van der Waals surface area contributed by atoms with Crippen molar-refractivity contribution < 1.29 is 23.4 Å². The summed E-state index contributed by atoms with van der Waals surface area (Å²) in [5.41, 5.74) is 1.22. The molecule has 0 atom stereocenters. The number of ether oxygens (including phenoxy) is 3. The van der Waals surface area contributed by atoms with Crippen molar-refractivity contribution in [3.05, 3.63) is 88.3 Å². The van der Waals surface area contributed by atoms with Crippen LogP contribution in [0.25, 0.3) is 27.8 Å². The van der Waals surface area contributed by atoms with Crippen LogP contribution < -0.4 is 15.1 Å². The molecule has 3 aromatic carbocycles. The van der Waals surface area contributed by atoms with Gasteiger partial charge in [-0.1, -0.05) is 30.3 Å². The lowest BCUT2D eigenvalue weighted by Gasteiger charge is -2.09. The molecule has 0 aliphatic carbocycles.